The molecule has 1 aromatic rings. The van der Waals surface area contributed by atoms with Gasteiger partial charge in [0.15, 0.2) is 0 Å². The smallest absolute Gasteiger partial charge is 0.408 e. The van der Waals surface area contributed by atoms with Gasteiger partial charge in [0.25, 0.3) is 0 Å². The molecule has 1 N–H and O–H groups in total. The summed E-state index contributed by atoms with van der Waals surface area (Å²) < 4.78 is 66.8. The van der Waals surface area contributed by atoms with E-state index in [1.807, 2.05) is 0 Å². The Morgan fingerprint density at radius 3 is 2.33 bits per heavy atom. The minimum atomic E-state index is -4.59. The molecule has 1 aromatic carbocycles. The van der Waals surface area contributed by atoms with Crippen molar-refractivity contribution < 1.29 is 26.7 Å². The van der Waals surface area contributed by atoms with Crippen LogP contribution in [0.4, 0.5) is 22.0 Å². The first-order chi connectivity index (χ1) is 8.36. The summed E-state index contributed by atoms with van der Waals surface area (Å²) in [5.74, 6) is -0.476. The second-order valence-corrected chi connectivity index (χ2v) is 3.45. The number of para-hydroxylation sites is 1. The van der Waals surface area contributed by atoms with Crippen molar-refractivity contribution in [1.29, 1.82) is 0 Å². The summed E-state index contributed by atoms with van der Waals surface area (Å²) in [6.07, 6.45) is -4.59. The van der Waals surface area contributed by atoms with Crippen LogP contribution in [-0.4, -0.2) is 19.3 Å². The fraction of sp³-hybridized carbons (Fsp3) is 0.455. The Morgan fingerprint density at radius 2 is 1.83 bits per heavy atom. The Balaban J connectivity index is 3.11. The van der Waals surface area contributed by atoms with Crippen LogP contribution in [0.3, 0.4) is 0 Å². The summed E-state index contributed by atoms with van der Waals surface area (Å²) in [5, 5.41) is 2.20. The van der Waals surface area contributed by atoms with Gasteiger partial charge in [0.2, 0.25) is 0 Å². The molecule has 0 aliphatic rings. The fourth-order valence-electron chi connectivity index (χ4n) is 1.53. The molecule has 1 atom stereocenters. The SMILES string of the molecule is CCNC(c1ccccc1OC(F)F)C(F)(F)F. The van der Waals surface area contributed by atoms with Crippen LogP contribution in [0.1, 0.15) is 18.5 Å². The van der Waals surface area contributed by atoms with Crippen LogP contribution in [0, 0.1) is 0 Å². The minimum absolute atomic E-state index is 0.0488. The maximum Gasteiger partial charge on any atom is 0.408 e. The van der Waals surface area contributed by atoms with Gasteiger partial charge < -0.3 is 10.1 Å². The predicted octanol–water partition coefficient (Wildman–Crippen LogP) is 3.50. The third-order valence-electron chi connectivity index (χ3n) is 2.18. The molecule has 0 aliphatic carbocycles. The number of nitrogens with one attached hydrogen (secondary N) is 1. The maximum absolute atomic E-state index is 12.8. The molecule has 0 spiro atoms. The van der Waals surface area contributed by atoms with Crippen molar-refractivity contribution in [3.8, 4) is 5.75 Å². The normalized spacial score (nSPS) is 13.7. The van der Waals surface area contributed by atoms with Crippen molar-refractivity contribution in [2.45, 2.75) is 25.8 Å². The van der Waals surface area contributed by atoms with Gasteiger partial charge in [-0.2, -0.15) is 22.0 Å². The molecule has 0 bridgehead atoms. The van der Waals surface area contributed by atoms with Crippen molar-refractivity contribution in [3.05, 3.63) is 29.8 Å². The predicted molar refractivity (Wildman–Crippen MR) is 55.5 cm³/mol. The Bertz CT molecular complexity index is 380. The molecule has 0 amide bonds. The molecule has 0 radical (unpaired) electrons. The van der Waals surface area contributed by atoms with E-state index in [4.69, 9.17) is 0 Å². The van der Waals surface area contributed by atoms with E-state index in [0.29, 0.717) is 0 Å². The first-order valence-electron chi connectivity index (χ1n) is 5.20. The first-order valence-corrected chi connectivity index (χ1v) is 5.20. The lowest BCUT2D eigenvalue weighted by Crippen LogP contribution is -2.34. The van der Waals surface area contributed by atoms with Crippen molar-refractivity contribution in [3.63, 3.8) is 0 Å². The van der Waals surface area contributed by atoms with E-state index < -0.39 is 24.6 Å². The number of hydrogen-bond acceptors (Lipinski definition) is 2. The average molecular weight is 269 g/mol. The Hall–Kier alpha value is -1.37. The van der Waals surface area contributed by atoms with E-state index >= 15 is 0 Å². The molecule has 0 aliphatic heterocycles. The van der Waals surface area contributed by atoms with E-state index in [2.05, 4.69) is 10.1 Å². The van der Waals surface area contributed by atoms with E-state index in [1.54, 1.807) is 0 Å². The average Bonchev–Trinajstić information content (AvgIpc) is 2.25. The second-order valence-electron chi connectivity index (χ2n) is 3.45. The molecule has 102 valence electrons. The highest BCUT2D eigenvalue weighted by Gasteiger charge is 2.41. The van der Waals surface area contributed by atoms with Gasteiger partial charge >= 0.3 is 12.8 Å². The summed E-state index contributed by atoms with van der Waals surface area (Å²) in [7, 11) is 0. The summed E-state index contributed by atoms with van der Waals surface area (Å²) >= 11 is 0. The van der Waals surface area contributed by atoms with Gasteiger partial charge in [0.05, 0.1) is 0 Å². The highest BCUT2D eigenvalue weighted by molar-refractivity contribution is 5.36. The van der Waals surface area contributed by atoms with Crippen molar-refractivity contribution in [2.24, 2.45) is 0 Å². The molecule has 0 aromatic heterocycles. The molecule has 18 heavy (non-hydrogen) atoms. The van der Waals surface area contributed by atoms with E-state index in [-0.39, 0.29) is 12.1 Å². The molecular weight excluding hydrogens is 257 g/mol. The molecule has 0 fully saturated rings. The van der Waals surface area contributed by atoms with Crippen LogP contribution in [0.25, 0.3) is 0 Å². The quantitative estimate of drug-likeness (QED) is 0.826. The van der Waals surface area contributed by atoms with Crippen LogP contribution in [0.5, 0.6) is 5.75 Å². The summed E-state index contributed by atoms with van der Waals surface area (Å²) in [6.45, 7) is -1.62. The maximum atomic E-state index is 12.8. The lowest BCUT2D eigenvalue weighted by atomic mass is 10.1. The molecular formula is C11H12F5NO. The number of alkyl halides is 5. The third-order valence-corrected chi connectivity index (χ3v) is 2.18. The zero-order valence-corrected chi connectivity index (χ0v) is 9.47. The van der Waals surface area contributed by atoms with Gasteiger partial charge in [-0.15, -0.1) is 0 Å². The molecule has 7 heteroatoms. The molecule has 0 saturated heterocycles. The topological polar surface area (TPSA) is 21.3 Å². The van der Waals surface area contributed by atoms with Gasteiger partial charge in [-0.05, 0) is 12.6 Å². The van der Waals surface area contributed by atoms with Gasteiger partial charge in [-0.25, -0.2) is 0 Å². The number of ether oxygens (including phenoxy) is 1. The summed E-state index contributed by atoms with van der Waals surface area (Å²) in [5.41, 5.74) is -0.354. The van der Waals surface area contributed by atoms with Gasteiger partial charge in [-0.1, -0.05) is 25.1 Å². The minimum Gasteiger partial charge on any atom is -0.434 e. The van der Waals surface area contributed by atoms with Crippen LogP contribution in [-0.2, 0) is 0 Å². The summed E-state index contributed by atoms with van der Waals surface area (Å²) in [6, 6.07) is 2.83. The van der Waals surface area contributed by atoms with Crippen LogP contribution in [0.2, 0.25) is 0 Å². The van der Waals surface area contributed by atoms with E-state index in [0.717, 1.165) is 12.1 Å². The molecule has 1 unspecified atom stereocenters. The molecule has 2 nitrogen and oxygen atoms in total. The summed E-state index contributed by atoms with van der Waals surface area (Å²) in [4.78, 5) is 0. The van der Waals surface area contributed by atoms with Crippen molar-refractivity contribution in [2.75, 3.05) is 6.54 Å². The Morgan fingerprint density at radius 1 is 1.22 bits per heavy atom. The number of rotatable bonds is 5. The second kappa shape index (κ2) is 5.99. The Labute approximate surface area is 101 Å². The number of hydrogen-bond donors (Lipinski definition) is 1. The van der Waals surface area contributed by atoms with Crippen LogP contribution < -0.4 is 10.1 Å². The van der Waals surface area contributed by atoms with Gasteiger partial charge in [-0.3, -0.25) is 0 Å². The lowest BCUT2D eigenvalue weighted by Gasteiger charge is -2.23. The van der Waals surface area contributed by atoms with Crippen molar-refractivity contribution in [1.82, 2.24) is 5.32 Å². The standard InChI is InChI=1S/C11H12F5NO/c1-2-17-9(11(14,15)16)7-5-3-4-6-8(7)18-10(12)13/h3-6,9-10,17H,2H2,1H3. The Kier molecular flexibility index (Phi) is 4.89. The fourth-order valence-corrected chi connectivity index (χ4v) is 1.53. The van der Waals surface area contributed by atoms with Crippen LogP contribution in [0.15, 0.2) is 24.3 Å². The van der Waals surface area contributed by atoms with E-state index in [9.17, 15) is 22.0 Å². The number of benzene rings is 1. The van der Waals surface area contributed by atoms with Gasteiger partial charge in [0, 0.05) is 5.56 Å². The third kappa shape index (κ3) is 3.83. The van der Waals surface area contributed by atoms with Gasteiger partial charge in [0.1, 0.15) is 11.8 Å². The largest absolute Gasteiger partial charge is 0.434 e. The number of halogens is 5. The molecule has 1 rings (SSSR count). The molecule has 0 saturated carbocycles. The monoisotopic (exact) mass is 269 g/mol. The highest BCUT2D eigenvalue weighted by atomic mass is 19.4. The highest BCUT2D eigenvalue weighted by Crippen LogP contribution is 2.37. The zero-order valence-electron chi connectivity index (χ0n) is 9.47. The van der Waals surface area contributed by atoms with Crippen LogP contribution >= 0.6 is 0 Å². The molecule has 0 heterocycles. The lowest BCUT2D eigenvalue weighted by molar-refractivity contribution is -0.158. The zero-order chi connectivity index (χ0) is 13.8. The van der Waals surface area contributed by atoms with E-state index in [1.165, 1.54) is 19.1 Å². The van der Waals surface area contributed by atoms with Crippen molar-refractivity contribution >= 4 is 0 Å². The first kappa shape index (κ1) is 14.7.